The summed E-state index contributed by atoms with van der Waals surface area (Å²) in [5, 5.41) is 35.1. The van der Waals surface area contributed by atoms with Gasteiger partial charge < -0.3 is 30.2 Å². The minimum Gasteiger partial charge on any atom is -0.462 e. The third-order valence-corrected chi connectivity index (χ3v) is 5.35. The first kappa shape index (κ1) is 20.5. The molecular formula is C18H22N6O6. The lowest BCUT2D eigenvalue weighted by Gasteiger charge is -2.26. The Morgan fingerprint density at radius 3 is 2.90 bits per heavy atom. The fraction of sp³-hybridized carbons (Fsp3) is 0.556. The van der Waals surface area contributed by atoms with E-state index in [0.717, 1.165) is 0 Å². The lowest BCUT2D eigenvalue weighted by molar-refractivity contribution is -0.152. The molecule has 0 bridgehead atoms. The van der Waals surface area contributed by atoms with Crippen molar-refractivity contribution in [3.8, 4) is 6.07 Å². The van der Waals surface area contributed by atoms with E-state index in [-0.39, 0.29) is 24.7 Å². The van der Waals surface area contributed by atoms with E-state index < -0.39 is 29.9 Å². The van der Waals surface area contributed by atoms with Crippen molar-refractivity contribution >= 4 is 17.3 Å². The van der Waals surface area contributed by atoms with Gasteiger partial charge >= 0.3 is 5.97 Å². The molecule has 0 aliphatic carbocycles. The quantitative estimate of drug-likeness (QED) is 0.460. The molecule has 2 fully saturated rings. The zero-order valence-electron chi connectivity index (χ0n) is 16.0. The highest BCUT2D eigenvalue weighted by Crippen LogP contribution is 2.40. The number of morpholine rings is 1. The zero-order valence-corrected chi connectivity index (χ0v) is 16.0. The number of nitriles is 1. The summed E-state index contributed by atoms with van der Waals surface area (Å²) in [5.41, 5.74) is 4.51. The first-order valence-electron chi connectivity index (χ1n) is 9.46. The van der Waals surface area contributed by atoms with Crippen LogP contribution in [-0.2, 0) is 24.6 Å². The van der Waals surface area contributed by atoms with Crippen molar-refractivity contribution < 1.29 is 29.2 Å². The third-order valence-electron chi connectivity index (χ3n) is 5.35. The van der Waals surface area contributed by atoms with Crippen molar-refractivity contribution in [2.24, 2.45) is 0 Å². The summed E-state index contributed by atoms with van der Waals surface area (Å²) >= 11 is 0. The van der Waals surface area contributed by atoms with E-state index in [1.165, 1.54) is 16.9 Å². The van der Waals surface area contributed by atoms with Gasteiger partial charge in [0.1, 0.15) is 42.8 Å². The molecule has 2 aromatic heterocycles. The van der Waals surface area contributed by atoms with Crippen molar-refractivity contribution in [1.29, 1.82) is 5.26 Å². The highest BCUT2D eigenvalue weighted by molar-refractivity contribution is 5.71. The van der Waals surface area contributed by atoms with Crippen molar-refractivity contribution in [3.05, 3.63) is 24.2 Å². The Balaban J connectivity index is 1.49. The second kappa shape index (κ2) is 8.13. The van der Waals surface area contributed by atoms with Crippen molar-refractivity contribution in [1.82, 2.24) is 19.5 Å². The van der Waals surface area contributed by atoms with Gasteiger partial charge in [-0.25, -0.2) is 9.50 Å². The Hall–Kier alpha value is -2.82. The minimum atomic E-state index is -1.92. The molecule has 30 heavy (non-hydrogen) atoms. The Bertz CT molecular complexity index is 970. The van der Waals surface area contributed by atoms with Crippen LogP contribution in [0.25, 0.3) is 5.52 Å². The maximum absolute atomic E-state index is 12.1. The van der Waals surface area contributed by atoms with E-state index in [0.29, 0.717) is 31.8 Å². The van der Waals surface area contributed by atoms with E-state index in [1.54, 1.807) is 6.07 Å². The highest BCUT2D eigenvalue weighted by Gasteiger charge is 2.57. The maximum atomic E-state index is 12.1. The van der Waals surface area contributed by atoms with Gasteiger partial charge in [0.25, 0.3) is 0 Å². The molecule has 0 spiro atoms. The molecule has 4 N–H and O–H groups in total. The van der Waals surface area contributed by atoms with Gasteiger partial charge in [-0.2, -0.15) is 10.4 Å². The smallest absolute Gasteiger partial charge is 0.320 e. The number of nitrogens with zero attached hydrogens (tertiary/aromatic N) is 5. The molecule has 160 valence electrons. The SMILES string of the molecule is N#C[C@@]1(c2ccc3c(N)ncnn23)O[C@H](COC(=O)CN2CCOCC2)[C@@H](O)[C@H]1O. The van der Waals surface area contributed by atoms with Gasteiger partial charge in [0.05, 0.1) is 25.5 Å². The van der Waals surface area contributed by atoms with Crippen LogP contribution in [0.15, 0.2) is 18.5 Å². The number of ether oxygens (including phenoxy) is 3. The van der Waals surface area contributed by atoms with Gasteiger partial charge in [-0.15, -0.1) is 0 Å². The molecule has 4 rings (SSSR count). The number of hydrogen-bond acceptors (Lipinski definition) is 11. The number of aliphatic hydroxyl groups excluding tert-OH is 2. The first-order valence-corrected chi connectivity index (χ1v) is 9.46. The van der Waals surface area contributed by atoms with Crippen LogP contribution in [0.5, 0.6) is 0 Å². The molecule has 0 radical (unpaired) electrons. The molecule has 12 heteroatoms. The topological polar surface area (TPSA) is 168 Å². The number of nitrogens with two attached hydrogens (primary N) is 1. The Morgan fingerprint density at radius 1 is 1.40 bits per heavy atom. The van der Waals surface area contributed by atoms with Crippen LogP contribution in [0.1, 0.15) is 5.69 Å². The van der Waals surface area contributed by atoms with Crippen LogP contribution in [0.2, 0.25) is 0 Å². The Morgan fingerprint density at radius 2 is 2.17 bits per heavy atom. The van der Waals surface area contributed by atoms with E-state index in [2.05, 4.69) is 10.1 Å². The van der Waals surface area contributed by atoms with Gasteiger partial charge in [-0.3, -0.25) is 9.69 Å². The fourth-order valence-corrected chi connectivity index (χ4v) is 3.71. The maximum Gasteiger partial charge on any atom is 0.320 e. The molecule has 4 heterocycles. The summed E-state index contributed by atoms with van der Waals surface area (Å²) < 4.78 is 17.6. The van der Waals surface area contributed by atoms with E-state index >= 15 is 0 Å². The number of rotatable bonds is 5. The second-order valence-corrected chi connectivity index (χ2v) is 7.17. The molecule has 0 saturated carbocycles. The normalized spacial score (nSPS) is 29.7. The monoisotopic (exact) mass is 418 g/mol. The zero-order chi connectivity index (χ0) is 21.3. The van der Waals surface area contributed by atoms with E-state index in [1.807, 2.05) is 11.0 Å². The van der Waals surface area contributed by atoms with E-state index in [9.17, 15) is 20.3 Å². The molecule has 2 aromatic rings. The lowest BCUT2D eigenvalue weighted by atomic mass is 9.92. The summed E-state index contributed by atoms with van der Waals surface area (Å²) in [7, 11) is 0. The van der Waals surface area contributed by atoms with Crippen LogP contribution in [-0.4, -0.2) is 93.4 Å². The summed E-state index contributed by atoms with van der Waals surface area (Å²) in [6, 6.07) is 5.04. The fourth-order valence-electron chi connectivity index (χ4n) is 3.71. The number of carbonyl (C=O) groups excluding carboxylic acids is 1. The van der Waals surface area contributed by atoms with Crippen LogP contribution in [0, 0.1) is 11.3 Å². The predicted octanol–water partition coefficient (Wildman–Crippen LogP) is -1.97. The van der Waals surface area contributed by atoms with Gasteiger partial charge in [-0.05, 0) is 12.1 Å². The number of fused-ring (bicyclic) bond motifs is 1. The minimum absolute atomic E-state index is 0.0810. The number of aliphatic hydroxyl groups is 2. The van der Waals surface area contributed by atoms with Crippen LogP contribution >= 0.6 is 0 Å². The summed E-state index contributed by atoms with van der Waals surface area (Å²) in [5.74, 6) is -0.309. The number of nitrogen functional groups attached to an aromatic ring is 1. The van der Waals surface area contributed by atoms with Gasteiger partial charge in [0.15, 0.2) is 5.82 Å². The number of hydrogen-bond donors (Lipinski definition) is 3. The van der Waals surface area contributed by atoms with Crippen LogP contribution in [0.4, 0.5) is 5.82 Å². The molecule has 0 aromatic carbocycles. The van der Waals surface area contributed by atoms with Crippen molar-refractivity contribution in [2.75, 3.05) is 45.2 Å². The Labute approximate surface area is 171 Å². The summed E-state index contributed by atoms with van der Waals surface area (Å²) in [6.07, 6.45) is -2.94. The Kier molecular flexibility index (Phi) is 5.54. The molecule has 0 amide bonds. The third kappa shape index (κ3) is 3.47. The average molecular weight is 418 g/mol. The molecular weight excluding hydrogens is 396 g/mol. The lowest BCUT2D eigenvalue weighted by Crippen LogP contribution is -2.41. The molecule has 2 saturated heterocycles. The van der Waals surface area contributed by atoms with E-state index in [4.69, 9.17) is 19.9 Å². The number of aromatic nitrogens is 3. The molecule has 2 aliphatic heterocycles. The largest absolute Gasteiger partial charge is 0.462 e. The summed E-state index contributed by atoms with van der Waals surface area (Å²) in [4.78, 5) is 17.9. The molecule has 12 nitrogen and oxygen atoms in total. The number of esters is 1. The van der Waals surface area contributed by atoms with Crippen molar-refractivity contribution in [3.63, 3.8) is 0 Å². The van der Waals surface area contributed by atoms with Gasteiger partial charge in [-0.1, -0.05) is 0 Å². The standard InChI is InChI=1S/C18H22N6O6/c19-9-18(13-2-1-11-17(20)21-10-22-24(11)13)16(27)15(26)12(30-18)8-29-14(25)7-23-3-5-28-6-4-23/h1-2,10,12,15-16,26-27H,3-8H2,(H2,20,21,22)/t12-,15-,16-,18+/m1/s1. The molecule has 2 aliphatic rings. The first-order chi connectivity index (χ1) is 14.5. The van der Waals surface area contributed by atoms with Crippen LogP contribution in [0.3, 0.4) is 0 Å². The molecule has 0 unspecified atom stereocenters. The van der Waals surface area contributed by atoms with Gasteiger partial charge in [0.2, 0.25) is 5.60 Å². The highest BCUT2D eigenvalue weighted by atomic mass is 16.6. The molecule has 4 atom stereocenters. The second-order valence-electron chi connectivity index (χ2n) is 7.17. The number of carbonyl (C=O) groups is 1. The van der Waals surface area contributed by atoms with Crippen molar-refractivity contribution in [2.45, 2.75) is 23.9 Å². The van der Waals surface area contributed by atoms with Crippen LogP contribution < -0.4 is 5.73 Å². The summed E-state index contributed by atoms with van der Waals surface area (Å²) in [6.45, 7) is 2.12. The predicted molar refractivity (Wildman–Crippen MR) is 99.8 cm³/mol. The number of anilines is 1. The average Bonchev–Trinajstić information content (AvgIpc) is 3.29. The van der Waals surface area contributed by atoms with Gasteiger partial charge in [0, 0.05) is 13.1 Å².